The van der Waals surface area contributed by atoms with Crippen molar-refractivity contribution in [1.29, 1.82) is 0 Å². The highest BCUT2D eigenvalue weighted by atomic mass is 16.3. The van der Waals surface area contributed by atoms with Gasteiger partial charge >= 0.3 is 0 Å². The Kier molecular flexibility index (Phi) is 4.39. The predicted octanol–water partition coefficient (Wildman–Crippen LogP) is 2.59. The number of carbonyl (C=O) groups excluding carboxylic acids is 1. The molecule has 0 saturated heterocycles. The van der Waals surface area contributed by atoms with Gasteiger partial charge in [0, 0.05) is 55.5 Å². The molecule has 27 heavy (non-hydrogen) atoms. The normalized spacial score (nSPS) is 13.9. The Morgan fingerprint density at radius 3 is 2.59 bits per heavy atom. The second-order valence-electron chi connectivity index (χ2n) is 6.82. The van der Waals surface area contributed by atoms with Crippen LogP contribution in [0.1, 0.15) is 27.6 Å². The van der Waals surface area contributed by atoms with Gasteiger partial charge in [0.15, 0.2) is 11.2 Å². The third-order valence-corrected chi connectivity index (χ3v) is 4.96. The molecule has 0 atom stereocenters. The zero-order chi connectivity index (χ0) is 19.0. The molecule has 0 radical (unpaired) electrons. The summed E-state index contributed by atoms with van der Waals surface area (Å²) in [6.45, 7) is 2.81. The molecular weight excluding hydrogens is 342 g/mol. The van der Waals surface area contributed by atoms with Crippen LogP contribution in [0.4, 0.5) is 0 Å². The van der Waals surface area contributed by atoms with Crippen molar-refractivity contribution in [3.05, 3.63) is 75.5 Å². The van der Waals surface area contributed by atoms with E-state index in [-0.39, 0.29) is 17.1 Å². The first kappa shape index (κ1) is 17.3. The van der Waals surface area contributed by atoms with Crippen LogP contribution in [-0.2, 0) is 19.9 Å². The average Bonchev–Trinajstić information content (AvgIpc) is 2.83. The number of benzene rings is 1. The van der Waals surface area contributed by atoms with Gasteiger partial charge in [0.05, 0.1) is 5.69 Å². The number of hydrogen-bond acceptors (Lipinski definition) is 4. The van der Waals surface area contributed by atoms with E-state index in [9.17, 15) is 9.59 Å². The van der Waals surface area contributed by atoms with Crippen LogP contribution < -0.4 is 5.43 Å². The Hall–Kier alpha value is -3.15. The minimum absolute atomic E-state index is 0.104. The van der Waals surface area contributed by atoms with Gasteiger partial charge < -0.3 is 9.32 Å². The molecule has 1 aliphatic rings. The van der Waals surface area contributed by atoms with Gasteiger partial charge in [-0.05, 0) is 13.3 Å². The van der Waals surface area contributed by atoms with Gasteiger partial charge in [-0.2, -0.15) is 5.10 Å². The molecule has 0 unspecified atom stereocenters. The van der Waals surface area contributed by atoms with Crippen molar-refractivity contribution < 1.29 is 9.21 Å². The highest BCUT2D eigenvalue weighted by Gasteiger charge is 2.26. The van der Waals surface area contributed by atoms with Crippen molar-refractivity contribution in [2.24, 2.45) is 7.05 Å². The summed E-state index contributed by atoms with van der Waals surface area (Å²) in [5.74, 6) is 0.310. The van der Waals surface area contributed by atoms with E-state index in [4.69, 9.17) is 9.52 Å². The summed E-state index contributed by atoms with van der Waals surface area (Å²) in [4.78, 5) is 26.3. The summed E-state index contributed by atoms with van der Waals surface area (Å²) >= 11 is 0. The van der Waals surface area contributed by atoms with E-state index in [2.05, 4.69) is 12.1 Å². The first-order chi connectivity index (χ1) is 13.0. The minimum Gasteiger partial charge on any atom is -0.456 e. The SMILES string of the molecule is Cc1cc(=O)cc(C(=O)N2CCc3c(-c4ccccc4)nn(C)c3CC2)o1. The topological polar surface area (TPSA) is 68.3 Å². The minimum atomic E-state index is -0.238. The molecule has 0 bridgehead atoms. The van der Waals surface area contributed by atoms with Crippen LogP contribution in [0.2, 0.25) is 0 Å². The average molecular weight is 363 g/mol. The predicted molar refractivity (Wildman–Crippen MR) is 102 cm³/mol. The number of aryl methyl sites for hydroxylation is 2. The molecule has 2 aromatic heterocycles. The highest BCUT2D eigenvalue weighted by Crippen LogP contribution is 2.28. The van der Waals surface area contributed by atoms with E-state index in [1.807, 2.05) is 29.9 Å². The Morgan fingerprint density at radius 1 is 1.11 bits per heavy atom. The van der Waals surface area contributed by atoms with Crippen LogP contribution in [0.3, 0.4) is 0 Å². The van der Waals surface area contributed by atoms with E-state index < -0.39 is 0 Å². The zero-order valence-corrected chi connectivity index (χ0v) is 15.4. The lowest BCUT2D eigenvalue weighted by atomic mass is 10.0. The lowest BCUT2D eigenvalue weighted by Crippen LogP contribution is -2.34. The molecule has 4 rings (SSSR count). The van der Waals surface area contributed by atoms with Gasteiger partial charge in [0.25, 0.3) is 5.91 Å². The van der Waals surface area contributed by atoms with Gasteiger partial charge in [0.1, 0.15) is 5.76 Å². The second-order valence-corrected chi connectivity index (χ2v) is 6.82. The first-order valence-electron chi connectivity index (χ1n) is 9.04. The molecule has 6 nitrogen and oxygen atoms in total. The van der Waals surface area contributed by atoms with Gasteiger partial charge in [-0.15, -0.1) is 0 Å². The van der Waals surface area contributed by atoms with Gasteiger partial charge in [-0.3, -0.25) is 14.3 Å². The maximum absolute atomic E-state index is 12.8. The number of fused-ring (bicyclic) bond motifs is 1. The van der Waals surface area contributed by atoms with E-state index in [0.717, 1.165) is 23.4 Å². The van der Waals surface area contributed by atoms with Crippen molar-refractivity contribution in [2.75, 3.05) is 13.1 Å². The maximum Gasteiger partial charge on any atom is 0.289 e. The lowest BCUT2D eigenvalue weighted by molar-refractivity contribution is 0.0726. The molecule has 3 heterocycles. The maximum atomic E-state index is 12.8. The standard InChI is InChI=1S/C21H21N3O3/c1-14-12-16(25)13-19(27-14)21(26)24-10-8-17-18(9-11-24)23(2)22-20(17)15-6-4-3-5-7-15/h3-7,12-13H,8-11H2,1-2H3. The largest absolute Gasteiger partial charge is 0.456 e. The molecular formula is C21H21N3O3. The molecule has 3 aromatic rings. The van der Waals surface area contributed by atoms with Gasteiger partial charge in [-0.1, -0.05) is 30.3 Å². The van der Waals surface area contributed by atoms with Gasteiger partial charge in [-0.25, -0.2) is 0 Å². The molecule has 1 aliphatic heterocycles. The quantitative estimate of drug-likeness (QED) is 0.702. The van der Waals surface area contributed by atoms with Gasteiger partial charge in [0.2, 0.25) is 0 Å². The summed E-state index contributed by atoms with van der Waals surface area (Å²) in [5, 5.41) is 4.71. The second kappa shape index (κ2) is 6.87. The number of aromatic nitrogens is 2. The summed E-state index contributed by atoms with van der Waals surface area (Å²) in [6, 6.07) is 12.7. The third kappa shape index (κ3) is 3.30. The van der Waals surface area contributed by atoms with E-state index in [0.29, 0.717) is 25.3 Å². The molecule has 1 amide bonds. The monoisotopic (exact) mass is 363 g/mol. The highest BCUT2D eigenvalue weighted by molar-refractivity contribution is 5.91. The summed E-state index contributed by atoms with van der Waals surface area (Å²) in [6.07, 6.45) is 1.43. The Morgan fingerprint density at radius 2 is 1.85 bits per heavy atom. The van der Waals surface area contributed by atoms with E-state index >= 15 is 0 Å². The van der Waals surface area contributed by atoms with E-state index in [1.54, 1.807) is 11.8 Å². The molecule has 0 spiro atoms. The fourth-order valence-electron chi connectivity index (χ4n) is 3.67. The van der Waals surface area contributed by atoms with Crippen LogP contribution in [0.5, 0.6) is 0 Å². The van der Waals surface area contributed by atoms with Crippen molar-refractivity contribution >= 4 is 5.91 Å². The van der Waals surface area contributed by atoms with Crippen LogP contribution in [0, 0.1) is 6.92 Å². The number of hydrogen-bond donors (Lipinski definition) is 0. The fraction of sp³-hybridized carbons (Fsp3) is 0.286. The molecule has 138 valence electrons. The Bertz CT molecular complexity index is 1050. The summed E-state index contributed by atoms with van der Waals surface area (Å²) < 4.78 is 7.40. The zero-order valence-electron chi connectivity index (χ0n) is 15.4. The van der Waals surface area contributed by atoms with Crippen molar-refractivity contribution in [3.8, 4) is 11.3 Å². The summed E-state index contributed by atoms with van der Waals surface area (Å²) in [5.41, 5.74) is 4.18. The van der Waals surface area contributed by atoms with Crippen molar-refractivity contribution in [2.45, 2.75) is 19.8 Å². The fourth-order valence-corrected chi connectivity index (χ4v) is 3.67. The Labute approximate surface area is 157 Å². The molecule has 0 aliphatic carbocycles. The van der Waals surface area contributed by atoms with Crippen LogP contribution >= 0.6 is 0 Å². The first-order valence-corrected chi connectivity index (χ1v) is 9.04. The summed E-state index contributed by atoms with van der Waals surface area (Å²) in [7, 11) is 1.95. The van der Waals surface area contributed by atoms with E-state index in [1.165, 1.54) is 17.7 Å². The third-order valence-electron chi connectivity index (χ3n) is 4.96. The lowest BCUT2D eigenvalue weighted by Gasteiger charge is -2.19. The number of carbonyl (C=O) groups is 1. The number of amides is 1. The Balaban J connectivity index is 1.62. The van der Waals surface area contributed by atoms with Crippen LogP contribution in [0.15, 0.2) is 51.7 Å². The van der Waals surface area contributed by atoms with Crippen LogP contribution in [-0.4, -0.2) is 33.7 Å². The molecule has 0 fully saturated rings. The van der Waals surface area contributed by atoms with Crippen molar-refractivity contribution in [1.82, 2.24) is 14.7 Å². The van der Waals surface area contributed by atoms with Crippen LogP contribution in [0.25, 0.3) is 11.3 Å². The van der Waals surface area contributed by atoms with Crippen molar-refractivity contribution in [3.63, 3.8) is 0 Å². The number of nitrogens with zero attached hydrogens (tertiary/aromatic N) is 3. The smallest absolute Gasteiger partial charge is 0.289 e. The molecule has 0 saturated carbocycles. The number of rotatable bonds is 2. The molecule has 1 aromatic carbocycles. The molecule has 0 N–H and O–H groups in total. The molecule has 6 heteroatoms.